The molecule has 2 rings (SSSR count). The average molecular weight is 290 g/mol. The molecule has 0 heterocycles. The molecule has 0 unspecified atom stereocenters. The Hall–Kier alpha value is -2.86. The first-order valence-corrected chi connectivity index (χ1v) is 7.07. The van der Waals surface area contributed by atoms with Crippen LogP contribution in [0.4, 0.5) is 5.69 Å². The minimum absolute atomic E-state index is 0.0903. The predicted molar refractivity (Wildman–Crippen MR) is 89.3 cm³/mol. The van der Waals surface area contributed by atoms with Crippen molar-refractivity contribution in [1.82, 2.24) is 0 Å². The third kappa shape index (κ3) is 3.62. The monoisotopic (exact) mass is 290 g/mol. The number of rotatable bonds is 3. The lowest BCUT2D eigenvalue weighted by Crippen LogP contribution is -2.13. The quantitative estimate of drug-likeness (QED) is 0.681. The number of nitriles is 1. The maximum Gasteiger partial charge on any atom is 0.266 e. The summed E-state index contributed by atoms with van der Waals surface area (Å²) in [5.74, 6) is -0.394. The molecule has 0 spiro atoms. The van der Waals surface area contributed by atoms with Gasteiger partial charge in [-0.2, -0.15) is 5.26 Å². The van der Waals surface area contributed by atoms with Crippen LogP contribution in [0.25, 0.3) is 6.08 Å². The van der Waals surface area contributed by atoms with Crippen molar-refractivity contribution < 1.29 is 4.79 Å². The molecule has 0 bridgehead atoms. The number of hydrogen-bond donors (Lipinski definition) is 1. The van der Waals surface area contributed by atoms with Crippen molar-refractivity contribution in [2.45, 2.75) is 20.8 Å². The molecular formula is C19H18N2O. The molecule has 0 aromatic heterocycles. The summed E-state index contributed by atoms with van der Waals surface area (Å²) in [6, 6.07) is 15.3. The van der Waals surface area contributed by atoms with Crippen LogP contribution in [-0.4, -0.2) is 5.91 Å². The molecule has 110 valence electrons. The Morgan fingerprint density at radius 1 is 1.05 bits per heavy atom. The van der Waals surface area contributed by atoms with E-state index in [1.807, 2.05) is 69.3 Å². The smallest absolute Gasteiger partial charge is 0.266 e. The minimum atomic E-state index is -0.394. The summed E-state index contributed by atoms with van der Waals surface area (Å²) in [6.07, 6.45) is 1.62. The van der Waals surface area contributed by atoms with Crippen LogP contribution in [0.2, 0.25) is 0 Å². The summed E-state index contributed by atoms with van der Waals surface area (Å²) < 4.78 is 0. The van der Waals surface area contributed by atoms with Crippen LogP contribution in [-0.2, 0) is 4.79 Å². The van der Waals surface area contributed by atoms with Gasteiger partial charge in [0.05, 0.1) is 0 Å². The second-order valence-electron chi connectivity index (χ2n) is 5.28. The highest BCUT2D eigenvalue weighted by Crippen LogP contribution is 2.16. The lowest BCUT2D eigenvalue weighted by Gasteiger charge is -2.07. The van der Waals surface area contributed by atoms with E-state index in [1.54, 1.807) is 6.08 Å². The summed E-state index contributed by atoms with van der Waals surface area (Å²) >= 11 is 0. The number of carbonyl (C=O) groups is 1. The van der Waals surface area contributed by atoms with Crippen LogP contribution in [0.3, 0.4) is 0 Å². The van der Waals surface area contributed by atoms with Gasteiger partial charge in [0.25, 0.3) is 5.91 Å². The number of nitrogens with one attached hydrogen (secondary N) is 1. The van der Waals surface area contributed by atoms with Crippen LogP contribution in [0.1, 0.15) is 22.3 Å². The first-order chi connectivity index (χ1) is 10.5. The zero-order chi connectivity index (χ0) is 16.1. The maximum absolute atomic E-state index is 12.3. The third-order valence-corrected chi connectivity index (χ3v) is 3.62. The highest BCUT2D eigenvalue weighted by molar-refractivity contribution is 6.09. The van der Waals surface area contributed by atoms with Crippen molar-refractivity contribution in [1.29, 1.82) is 5.26 Å². The fourth-order valence-corrected chi connectivity index (χ4v) is 2.07. The van der Waals surface area contributed by atoms with Gasteiger partial charge in [0.1, 0.15) is 11.6 Å². The molecule has 3 heteroatoms. The Kier molecular flexibility index (Phi) is 4.75. The normalized spacial score (nSPS) is 10.9. The lowest BCUT2D eigenvalue weighted by molar-refractivity contribution is -0.112. The van der Waals surface area contributed by atoms with E-state index in [-0.39, 0.29) is 5.57 Å². The number of anilines is 1. The van der Waals surface area contributed by atoms with Gasteiger partial charge >= 0.3 is 0 Å². The van der Waals surface area contributed by atoms with Gasteiger partial charge in [-0.15, -0.1) is 0 Å². The summed E-state index contributed by atoms with van der Waals surface area (Å²) in [6.45, 7) is 5.95. The van der Waals surface area contributed by atoms with Crippen LogP contribution in [0.5, 0.6) is 0 Å². The van der Waals surface area contributed by atoms with Crippen LogP contribution >= 0.6 is 0 Å². The fourth-order valence-electron chi connectivity index (χ4n) is 2.07. The fraction of sp³-hybridized carbons (Fsp3) is 0.158. The van der Waals surface area contributed by atoms with Gasteiger partial charge in [0.2, 0.25) is 0 Å². The van der Waals surface area contributed by atoms with E-state index in [0.29, 0.717) is 5.69 Å². The second kappa shape index (κ2) is 6.73. The van der Waals surface area contributed by atoms with Crippen molar-refractivity contribution in [3.63, 3.8) is 0 Å². The molecule has 3 nitrogen and oxygen atoms in total. The van der Waals surface area contributed by atoms with E-state index in [1.165, 1.54) is 0 Å². The van der Waals surface area contributed by atoms with Gasteiger partial charge < -0.3 is 5.32 Å². The average Bonchev–Trinajstić information content (AvgIpc) is 2.50. The van der Waals surface area contributed by atoms with Gasteiger partial charge in [-0.05, 0) is 61.2 Å². The summed E-state index contributed by atoms with van der Waals surface area (Å²) in [4.78, 5) is 12.3. The molecule has 2 aromatic rings. The molecular weight excluding hydrogens is 272 g/mol. The van der Waals surface area contributed by atoms with Crippen molar-refractivity contribution in [2.75, 3.05) is 5.32 Å². The largest absolute Gasteiger partial charge is 0.321 e. The van der Waals surface area contributed by atoms with Gasteiger partial charge in [-0.25, -0.2) is 0 Å². The Morgan fingerprint density at radius 3 is 2.41 bits per heavy atom. The van der Waals surface area contributed by atoms with Crippen molar-refractivity contribution in [2.24, 2.45) is 0 Å². The summed E-state index contributed by atoms with van der Waals surface area (Å²) in [7, 11) is 0. The number of benzene rings is 2. The van der Waals surface area contributed by atoms with E-state index >= 15 is 0 Å². The number of nitrogens with zero attached hydrogens (tertiary/aromatic N) is 1. The van der Waals surface area contributed by atoms with Gasteiger partial charge in [0, 0.05) is 5.69 Å². The Balaban J connectivity index is 2.24. The molecule has 1 amide bonds. The molecule has 1 N–H and O–H groups in total. The van der Waals surface area contributed by atoms with E-state index < -0.39 is 5.91 Å². The Morgan fingerprint density at radius 2 is 1.77 bits per heavy atom. The van der Waals surface area contributed by atoms with E-state index in [4.69, 9.17) is 0 Å². The molecule has 0 radical (unpaired) electrons. The minimum Gasteiger partial charge on any atom is -0.321 e. The molecule has 0 aliphatic rings. The third-order valence-electron chi connectivity index (χ3n) is 3.62. The molecule has 0 fully saturated rings. The predicted octanol–water partition coefficient (Wildman–Crippen LogP) is 4.16. The molecule has 22 heavy (non-hydrogen) atoms. The van der Waals surface area contributed by atoms with Gasteiger partial charge in [-0.1, -0.05) is 30.3 Å². The Bertz CT molecular complexity index is 782. The van der Waals surface area contributed by atoms with Gasteiger partial charge in [-0.3, -0.25) is 4.79 Å². The van der Waals surface area contributed by atoms with E-state index in [9.17, 15) is 10.1 Å². The van der Waals surface area contributed by atoms with Crippen LogP contribution in [0.15, 0.2) is 48.0 Å². The highest BCUT2D eigenvalue weighted by atomic mass is 16.1. The summed E-state index contributed by atoms with van der Waals surface area (Å²) in [5.41, 5.74) is 4.93. The topological polar surface area (TPSA) is 52.9 Å². The molecule has 2 aromatic carbocycles. The second-order valence-corrected chi connectivity index (χ2v) is 5.28. The number of carbonyl (C=O) groups excluding carboxylic acids is 1. The van der Waals surface area contributed by atoms with Gasteiger partial charge in [0.15, 0.2) is 0 Å². The van der Waals surface area contributed by atoms with E-state index in [0.717, 1.165) is 22.3 Å². The standard InChI is InChI=1S/C19H18N2O/c1-13-8-9-18(10-15(13)3)21-19(22)17(12-20)11-16-7-5-4-6-14(16)2/h4-11H,1-3H3,(H,21,22)/b17-11+. The molecule has 0 aliphatic heterocycles. The first kappa shape index (κ1) is 15.5. The van der Waals surface area contributed by atoms with Crippen LogP contribution in [0, 0.1) is 32.1 Å². The molecule has 0 saturated heterocycles. The highest BCUT2D eigenvalue weighted by Gasteiger charge is 2.10. The van der Waals surface area contributed by atoms with Crippen molar-refractivity contribution in [3.05, 3.63) is 70.3 Å². The summed E-state index contributed by atoms with van der Waals surface area (Å²) in [5, 5.41) is 12.0. The van der Waals surface area contributed by atoms with Crippen molar-refractivity contribution in [3.8, 4) is 6.07 Å². The zero-order valence-corrected chi connectivity index (χ0v) is 13.0. The number of amides is 1. The van der Waals surface area contributed by atoms with Crippen molar-refractivity contribution >= 4 is 17.7 Å². The molecule has 0 aliphatic carbocycles. The number of aryl methyl sites for hydroxylation is 3. The Labute approximate surface area is 130 Å². The molecule has 0 atom stereocenters. The molecule has 0 saturated carbocycles. The first-order valence-electron chi connectivity index (χ1n) is 7.07. The van der Waals surface area contributed by atoms with Crippen LogP contribution < -0.4 is 5.32 Å². The van der Waals surface area contributed by atoms with E-state index in [2.05, 4.69) is 5.32 Å². The maximum atomic E-state index is 12.3. The zero-order valence-electron chi connectivity index (χ0n) is 13.0. The number of hydrogen-bond acceptors (Lipinski definition) is 2. The SMILES string of the molecule is Cc1ccc(NC(=O)/C(C#N)=C/c2ccccc2C)cc1C. The lowest BCUT2D eigenvalue weighted by atomic mass is 10.1.